The molecule has 25 heavy (non-hydrogen) atoms. The molecule has 136 valence electrons. The van der Waals surface area contributed by atoms with Crippen LogP contribution in [0.1, 0.15) is 78.6 Å². The normalized spacial score (nSPS) is 50.5. The fourth-order valence-electron chi connectivity index (χ4n) is 8.00. The van der Waals surface area contributed by atoms with Crippen LogP contribution >= 0.6 is 0 Å². The van der Waals surface area contributed by atoms with Crippen LogP contribution in [0.4, 0.5) is 0 Å². The quantitative estimate of drug-likeness (QED) is 0.576. The van der Waals surface area contributed by atoms with Gasteiger partial charge in [-0.05, 0) is 99.2 Å². The van der Waals surface area contributed by atoms with E-state index in [1.54, 1.807) is 0 Å². The number of rotatable bonds is 1. The van der Waals surface area contributed by atoms with Gasteiger partial charge >= 0.3 is 0 Å². The first-order chi connectivity index (χ1) is 11.9. The van der Waals surface area contributed by atoms with E-state index in [1.807, 2.05) is 13.0 Å². The molecule has 0 radical (unpaired) electrons. The molecule has 2 nitrogen and oxygen atoms in total. The monoisotopic (exact) mass is 339 g/mol. The van der Waals surface area contributed by atoms with Gasteiger partial charge in [0.05, 0.1) is 6.07 Å². The van der Waals surface area contributed by atoms with Gasteiger partial charge in [-0.15, -0.1) is 0 Å². The number of fused-ring (bicyclic) bond motifs is 5. The molecule has 0 amide bonds. The van der Waals surface area contributed by atoms with Gasteiger partial charge in [-0.25, -0.2) is 0 Å². The fraction of sp³-hybridized carbons (Fsp3) is 0.826. The lowest BCUT2D eigenvalue weighted by Crippen LogP contribution is -2.53. The summed E-state index contributed by atoms with van der Waals surface area (Å²) < 4.78 is 0. The van der Waals surface area contributed by atoms with E-state index in [2.05, 4.69) is 19.9 Å². The Balaban J connectivity index is 1.59. The maximum Gasteiger partial charge on any atom is 0.133 e. The summed E-state index contributed by atoms with van der Waals surface area (Å²) in [7, 11) is 0. The maximum absolute atomic E-state index is 12.2. The van der Waals surface area contributed by atoms with Crippen LogP contribution in [-0.2, 0) is 4.79 Å². The highest BCUT2D eigenvalue weighted by Gasteiger charge is 2.60. The number of hydrogen-bond donors (Lipinski definition) is 0. The number of allylic oxidation sites excluding steroid dienone is 2. The minimum atomic E-state index is 0.275. The molecular weight excluding hydrogens is 306 g/mol. The van der Waals surface area contributed by atoms with E-state index in [0.717, 1.165) is 42.9 Å². The van der Waals surface area contributed by atoms with Crippen LogP contribution in [-0.4, -0.2) is 5.78 Å². The molecule has 0 spiro atoms. The van der Waals surface area contributed by atoms with Crippen molar-refractivity contribution in [2.24, 2.45) is 40.4 Å². The van der Waals surface area contributed by atoms with Gasteiger partial charge in [-0.3, -0.25) is 4.79 Å². The minimum Gasteiger partial charge on any atom is -0.300 e. The van der Waals surface area contributed by atoms with Crippen LogP contribution in [0, 0.1) is 51.8 Å². The Bertz CT molecular complexity index is 643. The van der Waals surface area contributed by atoms with Crippen LogP contribution in [0.25, 0.3) is 0 Å². The van der Waals surface area contributed by atoms with Crippen molar-refractivity contribution < 1.29 is 4.79 Å². The Labute approximate surface area is 153 Å². The molecule has 0 aromatic heterocycles. The zero-order valence-electron chi connectivity index (χ0n) is 16.2. The first-order valence-corrected chi connectivity index (χ1v) is 10.5. The number of ketones is 1. The zero-order chi connectivity index (χ0) is 17.8. The van der Waals surface area contributed by atoms with E-state index < -0.39 is 0 Å². The maximum atomic E-state index is 12.2. The molecular formula is C23H33NO. The third-order valence-corrected chi connectivity index (χ3v) is 9.32. The highest BCUT2D eigenvalue weighted by atomic mass is 16.1. The molecule has 0 aromatic rings. The highest BCUT2D eigenvalue weighted by molar-refractivity contribution is 5.79. The van der Waals surface area contributed by atoms with Crippen molar-refractivity contribution in [3.05, 3.63) is 11.6 Å². The number of carbonyl (C=O) groups excluding carboxylic acids is 1. The molecule has 4 fully saturated rings. The second-order valence-electron chi connectivity index (χ2n) is 10.1. The second kappa shape index (κ2) is 5.97. The number of Topliss-reactive ketones (excluding diaryl/α,β-unsaturated/α-hetero) is 1. The first kappa shape index (κ1) is 17.3. The molecule has 0 N–H and O–H groups in total. The predicted octanol–water partition coefficient (Wildman–Crippen LogP) is 5.68. The molecule has 0 heterocycles. The third kappa shape index (κ3) is 2.45. The summed E-state index contributed by atoms with van der Waals surface area (Å²) in [5.74, 6) is 3.99. The molecule has 4 aliphatic carbocycles. The van der Waals surface area contributed by atoms with Gasteiger partial charge in [0, 0.05) is 12.0 Å². The molecule has 4 rings (SSSR count). The van der Waals surface area contributed by atoms with Crippen molar-refractivity contribution in [1.29, 1.82) is 5.26 Å². The van der Waals surface area contributed by atoms with Crippen LogP contribution in [0.15, 0.2) is 11.6 Å². The van der Waals surface area contributed by atoms with Gasteiger partial charge in [-0.2, -0.15) is 5.26 Å². The van der Waals surface area contributed by atoms with E-state index in [4.69, 9.17) is 5.26 Å². The molecule has 0 aromatic carbocycles. The molecule has 4 saturated carbocycles. The van der Waals surface area contributed by atoms with Gasteiger partial charge in [0.2, 0.25) is 0 Å². The van der Waals surface area contributed by atoms with Crippen molar-refractivity contribution in [3.63, 3.8) is 0 Å². The van der Waals surface area contributed by atoms with Gasteiger partial charge in [-0.1, -0.05) is 19.4 Å². The fourth-order valence-corrected chi connectivity index (χ4v) is 8.00. The molecule has 0 saturated heterocycles. The van der Waals surface area contributed by atoms with E-state index in [-0.39, 0.29) is 5.41 Å². The number of hydrogen-bond acceptors (Lipinski definition) is 2. The summed E-state index contributed by atoms with van der Waals surface area (Å²) in [6.07, 6.45) is 13.1. The summed E-state index contributed by atoms with van der Waals surface area (Å²) in [6, 6.07) is 2.26. The molecule has 0 bridgehead atoms. The Morgan fingerprint density at radius 1 is 1.08 bits per heavy atom. The van der Waals surface area contributed by atoms with Crippen LogP contribution < -0.4 is 0 Å². The minimum absolute atomic E-state index is 0.275. The van der Waals surface area contributed by atoms with E-state index >= 15 is 0 Å². The topological polar surface area (TPSA) is 40.9 Å². The summed E-state index contributed by atoms with van der Waals surface area (Å²) in [5, 5.41) is 9.01. The molecule has 1 unspecified atom stereocenters. The molecule has 2 heteroatoms. The third-order valence-electron chi connectivity index (χ3n) is 9.32. The second-order valence-corrected chi connectivity index (χ2v) is 10.1. The summed E-state index contributed by atoms with van der Waals surface area (Å²) in [4.78, 5) is 12.2. The average Bonchev–Trinajstić information content (AvgIpc) is 2.93. The first-order valence-electron chi connectivity index (χ1n) is 10.5. The summed E-state index contributed by atoms with van der Waals surface area (Å²) in [5.41, 5.74) is 2.13. The van der Waals surface area contributed by atoms with Crippen LogP contribution in [0.2, 0.25) is 0 Å². The predicted molar refractivity (Wildman–Crippen MR) is 99.6 cm³/mol. The van der Waals surface area contributed by atoms with Gasteiger partial charge in [0.25, 0.3) is 0 Å². The lowest BCUT2D eigenvalue weighted by molar-refractivity contribution is -0.132. The molecule has 4 aliphatic rings. The number of nitrogens with zero attached hydrogens (tertiary/aromatic N) is 1. The van der Waals surface area contributed by atoms with Crippen molar-refractivity contribution >= 4 is 5.78 Å². The van der Waals surface area contributed by atoms with Crippen LogP contribution in [0.3, 0.4) is 0 Å². The van der Waals surface area contributed by atoms with Crippen molar-refractivity contribution in [2.75, 3.05) is 0 Å². The van der Waals surface area contributed by atoms with Gasteiger partial charge in [0.1, 0.15) is 5.78 Å². The van der Waals surface area contributed by atoms with Crippen LogP contribution in [0.5, 0.6) is 0 Å². The zero-order valence-corrected chi connectivity index (χ0v) is 16.2. The van der Waals surface area contributed by atoms with E-state index in [1.165, 1.54) is 44.1 Å². The van der Waals surface area contributed by atoms with Crippen molar-refractivity contribution in [2.45, 2.75) is 78.6 Å². The van der Waals surface area contributed by atoms with Gasteiger partial charge < -0.3 is 0 Å². The Morgan fingerprint density at radius 2 is 1.84 bits per heavy atom. The summed E-state index contributed by atoms with van der Waals surface area (Å²) in [6.45, 7) is 6.83. The lowest BCUT2D eigenvalue weighted by atomic mass is 9.44. The summed E-state index contributed by atoms with van der Waals surface area (Å²) >= 11 is 0. The Hall–Kier alpha value is -1.10. The van der Waals surface area contributed by atoms with Gasteiger partial charge in [0.15, 0.2) is 0 Å². The highest BCUT2D eigenvalue weighted by Crippen LogP contribution is 2.67. The van der Waals surface area contributed by atoms with Crippen molar-refractivity contribution in [1.82, 2.24) is 0 Å². The van der Waals surface area contributed by atoms with Crippen molar-refractivity contribution in [3.8, 4) is 6.07 Å². The SMILES string of the molecule is CC(=O)[C@H]1CC[C@H]2[C@@H]3CCC4CC(=CC#N)CC[C@]4(C)[C@H]3CC[C@]12C. The Kier molecular flexibility index (Phi) is 4.13. The smallest absolute Gasteiger partial charge is 0.133 e. The largest absolute Gasteiger partial charge is 0.300 e. The number of carbonyl (C=O) groups is 1. The van der Waals surface area contributed by atoms with E-state index in [9.17, 15) is 4.79 Å². The number of nitriles is 1. The average molecular weight is 340 g/mol. The lowest BCUT2D eigenvalue weighted by Gasteiger charge is -2.60. The molecule has 7 atom stereocenters. The molecule has 0 aliphatic heterocycles. The van der Waals surface area contributed by atoms with E-state index in [0.29, 0.717) is 17.1 Å². The Morgan fingerprint density at radius 3 is 2.56 bits per heavy atom. The standard InChI is InChI=1S/C23H33NO/c1-15(25)19-6-7-20-18-5-4-17-14-16(10-13-24)8-11-22(17,2)21(18)9-12-23(19,20)3/h10,17-21H,4-9,11-12,14H2,1-3H3/t17?,18-,19+,20-,21-,22-,23+/m0/s1.